The van der Waals surface area contributed by atoms with Crippen molar-refractivity contribution in [2.24, 2.45) is 5.92 Å². The highest BCUT2D eigenvalue weighted by Gasteiger charge is 2.34. The van der Waals surface area contributed by atoms with Gasteiger partial charge in [0.15, 0.2) is 0 Å². The lowest BCUT2D eigenvalue weighted by molar-refractivity contribution is -0.117. The monoisotopic (exact) mass is 358 g/mol. The molecule has 0 saturated carbocycles. The third kappa shape index (κ3) is 4.04. The molecule has 1 aliphatic heterocycles. The second-order valence-electron chi connectivity index (χ2n) is 6.78. The Kier molecular flexibility index (Phi) is 5.13. The smallest absolute Gasteiger partial charge is 0.227 e. The predicted molar refractivity (Wildman–Crippen MR) is 98.9 cm³/mol. The quantitative estimate of drug-likeness (QED) is 0.889. The summed E-state index contributed by atoms with van der Waals surface area (Å²) in [5.74, 6) is 0.351. The van der Waals surface area contributed by atoms with Crippen molar-refractivity contribution in [1.29, 1.82) is 0 Å². The molecule has 1 aromatic heterocycles. The summed E-state index contributed by atoms with van der Waals surface area (Å²) in [7, 11) is 0. The predicted octanol–water partition coefficient (Wildman–Crippen LogP) is 3.35. The molecule has 0 unspecified atom stereocenters. The van der Waals surface area contributed by atoms with Gasteiger partial charge in [-0.15, -0.1) is 10.2 Å². The fourth-order valence-electron chi connectivity index (χ4n) is 2.96. The molecule has 0 bridgehead atoms. The average Bonchev–Trinajstić information content (AvgIpc) is 3.14. The van der Waals surface area contributed by atoms with Crippen LogP contribution in [-0.4, -0.2) is 28.6 Å². The second kappa shape index (κ2) is 7.31. The van der Waals surface area contributed by atoms with Gasteiger partial charge in [0.2, 0.25) is 16.9 Å². The number of aryl methyl sites for hydroxylation is 1. The van der Waals surface area contributed by atoms with Gasteiger partial charge in [-0.1, -0.05) is 43.4 Å². The molecule has 7 heteroatoms. The zero-order valence-electron chi connectivity index (χ0n) is 14.7. The van der Waals surface area contributed by atoms with Crippen LogP contribution < -0.4 is 10.2 Å². The molecule has 6 nitrogen and oxygen atoms in total. The van der Waals surface area contributed by atoms with Crippen LogP contribution >= 0.6 is 11.3 Å². The summed E-state index contributed by atoms with van der Waals surface area (Å²) in [5.41, 5.74) is 2.03. The van der Waals surface area contributed by atoms with Gasteiger partial charge in [0.1, 0.15) is 5.01 Å². The molecule has 1 atom stereocenters. The second-order valence-corrected chi connectivity index (χ2v) is 7.79. The molecular formula is C18H22N4O2S. The van der Waals surface area contributed by atoms with Crippen molar-refractivity contribution in [2.45, 2.75) is 39.5 Å². The van der Waals surface area contributed by atoms with E-state index in [1.807, 2.05) is 49.9 Å². The van der Waals surface area contributed by atoms with E-state index in [1.54, 1.807) is 0 Å². The molecule has 0 aliphatic carbocycles. The number of rotatable bonds is 5. The summed E-state index contributed by atoms with van der Waals surface area (Å²) < 4.78 is 0. The van der Waals surface area contributed by atoms with Crippen molar-refractivity contribution in [3.8, 4) is 0 Å². The van der Waals surface area contributed by atoms with Crippen LogP contribution in [0.3, 0.4) is 0 Å². The van der Waals surface area contributed by atoms with E-state index in [9.17, 15) is 9.59 Å². The highest BCUT2D eigenvalue weighted by Crippen LogP contribution is 2.35. The Bertz CT molecular complexity index is 787. The van der Waals surface area contributed by atoms with Crippen molar-refractivity contribution in [3.05, 3.63) is 34.8 Å². The Morgan fingerprint density at radius 2 is 2.12 bits per heavy atom. The van der Waals surface area contributed by atoms with Gasteiger partial charge < -0.3 is 10.2 Å². The number of hydrogen-bond donors (Lipinski definition) is 1. The number of carbonyl (C=O) groups is 2. The van der Waals surface area contributed by atoms with Crippen molar-refractivity contribution in [2.75, 3.05) is 16.8 Å². The van der Waals surface area contributed by atoms with Gasteiger partial charge in [-0.05, 0) is 24.5 Å². The lowest BCUT2D eigenvalue weighted by atomic mass is 10.1. The van der Waals surface area contributed by atoms with Crippen LogP contribution in [0.1, 0.15) is 43.2 Å². The van der Waals surface area contributed by atoms with Gasteiger partial charge in [-0.25, -0.2) is 0 Å². The van der Waals surface area contributed by atoms with Gasteiger partial charge in [0.25, 0.3) is 0 Å². The maximum atomic E-state index is 12.4. The number of nitrogens with one attached hydrogen (secondary N) is 1. The van der Waals surface area contributed by atoms with E-state index in [4.69, 9.17) is 0 Å². The van der Waals surface area contributed by atoms with Crippen molar-refractivity contribution in [3.63, 3.8) is 0 Å². The van der Waals surface area contributed by atoms with Crippen LogP contribution in [0.5, 0.6) is 0 Å². The molecule has 1 fully saturated rings. The molecule has 25 heavy (non-hydrogen) atoms. The van der Waals surface area contributed by atoms with Gasteiger partial charge in [-0.2, -0.15) is 0 Å². The lowest BCUT2D eigenvalue weighted by Gasteiger charge is -2.18. The van der Waals surface area contributed by atoms with E-state index >= 15 is 0 Å². The van der Waals surface area contributed by atoms with Crippen LogP contribution in [-0.2, 0) is 9.59 Å². The van der Waals surface area contributed by atoms with Crippen LogP contribution in [0.25, 0.3) is 0 Å². The van der Waals surface area contributed by atoms with Crippen LogP contribution in [0.4, 0.5) is 10.8 Å². The van der Waals surface area contributed by atoms with Gasteiger partial charge >= 0.3 is 0 Å². The minimum atomic E-state index is -0.0539. The zero-order chi connectivity index (χ0) is 18.0. The van der Waals surface area contributed by atoms with Crippen LogP contribution in [0, 0.1) is 12.8 Å². The van der Waals surface area contributed by atoms with E-state index in [-0.39, 0.29) is 17.7 Å². The number of nitrogens with zero attached hydrogens (tertiary/aromatic N) is 3. The van der Waals surface area contributed by atoms with Crippen molar-refractivity contribution in [1.82, 2.24) is 10.2 Å². The van der Waals surface area contributed by atoms with Crippen LogP contribution in [0.2, 0.25) is 0 Å². The van der Waals surface area contributed by atoms with E-state index in [0.717, 1.165) is 16.3 Å². The largest absolute Gasteiger partial charge is 0.311 e. The normalized spacial score (nSPS) is 17.4. The Labute approximate surface area is 151 Å². The molecular weight excluding hydrogens is 336 g/mol. The first-order chi connectivity index (χ1) is 11.9. The van der Waals surface area contributed by atoms with E-state index < -0.39 is 0 Å². The summed E-state index contributed by atoms with van der Waals surface area (Å²) >= 11 is 1.36. The Balaban J connectivity index is 1.69. The maximum absolute atomic E-state index is 12.4. The first kappa shape index (κ1) is 17.5. The van der Waals surface area contributed by atoms with Gasteiger partial charge in [-0.3, -0.25) is 9.59 Å². The molecule has 1 saturated heterocycles. The molecule has 2 aromatic rings. The van der Waals surface area contributed by atoms with Crippen LogP contribution in [0.15, 0.2) is 24.3 Å². The Morgan fingerprint density at radius 3 is 2.84 bits per heavy atom. The standard InChI is InChI=1S/C18H22N4O2S/c1-11(2)8-15(23)19-18-21-20-17(25-18)13-9-16(24)22(10-13)14-7-5-4-6-12(14)3/h4-7,11,13H,8-10H2,1-3H3,(H,19,21,23)/t13-/m0/s1. The molecule has 1 aromatic carbocycles. The topological polar surface area (TPSA) is 75.2 Å². The fraction of sp³-hybridized carbons (Fsp3) is 0.444. The molecule has 3 rings (SSSR count). The highest BCUT2D eigenvalue weighted by molar-refractivity contribution is 7.15. The van der Waals surface area contributed by atoms with Crippen molar-refractivity contribution >= 4 is 34.0 Å². The number of carbonyl (C=O) groups excluding carboxylic acids is 2. The lowest BCUT2D eigenvalue weighted by Crippen LogP contribution is -2.25. The summed E-state index contributed by atoms with van der Waals surface area (Å²) in [6, 6.07) is 7.88. The summed E-state index contributed by atoms with van der Waals surface area (Å²) in [5, 5.41) is 12.3. The number of para-hydroxylation sites is 1. The molecule has 0 spiro atoms. The first-order valence-corrected chi connectivity index (χ1v) is 9.25. The van der Waals surface area contributed by atoms with Crippen molar-refractivity contribution < 1.29 is 9.59 Å². The van der Waals surface area contributed by atoms with E-state index in [1.165, 1.54) is 11.3 Å². The number of anilines is 2. The maximum Gasteiger partial charge on any atom is 0.227 e. The fourth-order valence-corrected chi connectivity index (χ4v) is 3.81. The van der Waals surface area contributed by atoms with E-state index in [0.29, 0.717) is 30.4 Å². The number of hydrogen-bond acceptors (Lipinski definition) is 5. The van der Waals surface area contributed by atoms with Gasteiger partial charge in [0, 0.05) is 31.0 Å². The summed E-state index contributed by atoms with van der Waals surface area (Å²) in [6.07, 6.45) is 0.876. The third-order valence-electron chi connectivity index (χ3n) is 4.16. The molecule has 132 valence electrons. The van der Waals surface area contributed by atoms with Gasteiger partial charge in [0.05, 0.1) is 0 Å². The molecule has 0 radical (unpaired) electrons. The molecule has 2 heterocycles. The molecule has 2 amide bonds. The average molecular weight is 358 g/mol. The highest BCUT2D eigenvalue weighted by atomic mass is 32.1. The summed E-state index contributed by atoms with van der Waals surface area (Å²) in [6.45, 7) is 6.59. The zero-order valence-corrected chi connectivity index (χ0v) is 15.5. The minimum absolute atomic E-state index is 0.0142. The summed E-state index contributed by atoms with van der Waals surface area (Å²) in [4.78, 5) is 26.1. The number of benzene rings is 1. The minimum Gasteiger partial charge on any atom is -0.311 e. The Morgan fingerprint density at radius 1 is 1.36 bits per heavy atom. The third-order valence-corrected chi connectivity index (χ3v) is 5.16. The first-order valence-electron chi connectivity index (χ1n) is 8.43. The number of aromatic nitrogens is 2. The Hall–Kier alpha value is -2.28. The molecule has 1 N–H and O–H groups in total. The molecule has 1 aliphatic rings. The van der Waals surface area contributed by atoms with E-state index in [2.05, 4.69) is 15.5 Å². The SMILES string of the molecule is Cc1ccccc1N1C[C@@H](c2nnc(NC(=O)CC(C)C)s2)CC1=O. The number of amides is 2.